The smallest absolute Gasteiger partial charge is 0.296 e. The molecule has 0 aliphatic heterocycles. The fourth-order valence-electron chi connectivity index (χ4n) is 3.00. The first-order valence-corrected chi connectivity index (χ1v) is 10.8. The molecule has 2 heterocycles. The van der Waals surface area contributed by atoms with E-state index in [1.165, 1.54) is 13.3 Å². The maximum Gasteiger partial charge on any atom is 0.296 e. The topological polar surface area (TPSA) is 110 Å². The molecule has 0 spiro atoms. The molecular weight excluding hydrogens is 462 g/mol. The number of hydrogen-bond donors (Lipinski definition) is 1. The Kier molecular flexibility index (Phi) is 6.78. The molecule has 0 aliphatic carbocycles. The van der Waals surface area contributed by atoms with Crippen LogP contribution in [0.25, 0.3) is 11.1 Å². The van der Waals surface area contributed by atoms with Gasteiger partial charge >= 0.3 is 0 Å². The monoisotopic (exact) mass is 477 g/mol. The van der Waals surface area contributed by atoms with E-state index in [1.807, 2.05) is 12.1 Å². The van der Waals surface area contributed by atoms with Crippen molar-refractivity contribution < 1.29 is 14.3 Å². The highest BCUT2D eigenvalue weighted by Gasteiger charge is 2.18. The summed E-state index contributed by atoms with van der Waals surface area (Å²) in [5, 5.41) is 21.1. The van der Waals surface area contributed by atoms with Gasteiger partial charge in [-0.2, -0.15) is 5.26 Å². The zero-order valence-corrected chi connectivity index (χ0v) is 18.9. The number of nitrogens with zero attached hydrogens (tertiary/aromatic N) is 4. The lowest BCUT2D eigenvalue weighted by Gasteiger charge is -2.12. The number of pyridine rings is 1. The van der Waals surface area contributed by atoms with Crippen LogP contribution in [-0.2, 0) is 6.61 Å². The van der Waals surface area contributed by atoms with E-state index in [-0.39, 0.29) is 5.91 Å². The molecule has 0 fully saturated rings. The summed E-state index contributed by atoms with van der Waals surface area (Å²) >= 11 is 7.00. The van der Waals surface area contributed by atoms with Crippen LogP contribution in [0.4, 0.5) is 5.13 Å². The van der Waals surface area contributed by atoms with E-state index in [4.69, 9.17) is 26.3 Å². The van der Waals surface area contributed by atoms with Gasteiger partial charge in [0.05, 0.1) is 24.3 Å². The maximum absolute atomic E-state index is 13.0. The lowest BCUT2D eigenvalue weighted by Crippen LogP contribution is -2.13. The summed E-state index contributed by atoms with van der Waals surface area (Å²) in [7, 11) is 1.50. The molecule has 33 heavy (non-hydrogen) atoms. The number of halogens is 1. The second-order valence-corrected chi connectivity index (χ2v) is 8.07. The minimum atomic E-state index is -0.390. The normalized spacial score (nSPS) is 10.3. The van der Waals surface area contributed by atoms with Crippen LogP contribution in [0.15, 0.2) is 60.9 Å². The third kappa shape index (κ3) is 5.26. The number of carbonyl (C=O) groups excluding carboxylic acids is 1. The van der Waals surface area contributed by atoms with E-state index in [0.29, 0.717) is 50.0 Å². The summed E-state index contributed by atoms with van der Waals surface area (Å²) in [5.74, 6) is 0.0733. The molecule has 2 aromatic carbocycles. The van der Waals surface area contributed by atoms with Gasteiger partial charge in [0, 0.05) is 28.5 Å². The third-order valence-corrected chi connectivity index (χ3v) is 5.59. The Morgan fingerprint density at radius 3 is 2.73 bits per heavy atom. The molecule has 1 amide bonds. The van der Waals surface area contributed by atoms with Gasteiger partial charge in [0.2, 0.25) is 5.13 Å². The Morgan fingerprint density at radius 2 is 1.97 bits per heavy atom. The van der Waals surface area contributed by atoms with Gasteiger partial charge in [-0.15, -0.1) is 5.10 Å². The van der Waals surface area contributed by atoms with Gasteiger partial charge in [-0.1, -0.05) is 28.8 Å². The first-order chi connectivity index (χ1) is 16.1. The van der Waals surface area contributed by atoms with Gasteiger partial charge in [-0.3, -0.25) is 15.1 Å². The van der Waals surface area contributed by atoms with Crippen molar-refractivity contribution in [1.82, 2.24) is 15.2 Å². The van der Waals surface area contributed by atoms with Crippen LogP contribution in [0.5, 0.6) is 10.9 Å². The summed E-state index contributed by atoms with van der Waals surface area (Å²) in [6.45, 7) is 0.298. The number of hydrogen-bond acceptors (Lipinski definition) is 8. The number of carbonyl (C=O) groups is 1. The minimum absolute atomic E-state index is 0.292. The largest absolute Gasteiger partial charge is 0.496 e. The van der Waals surface area contributed by atoms with Crippen molar-refractivity contribution >= 4 is 34.0 Å². The second kappa shape index (κ2) is 10.1. The predicted octanol–water partition coefficient (Wildman–Crippen LogP) is 4.97. The summed E-state index contributed by atoms with van der Waals surface area (Å²) in [5.41, 5.74) is 2.94. The Morgan fingerprint density at radius 1 is 1.15 bits per heavy atom. The first-order valence-electron chi connectivity index (χ1n) is 9.62. The van der Waals surface area contributed by atoms with Gasteiger partial charge in [0.25, 0.3) is 11.1 Å². The molecule has 0 saturated carbocycles. The van der Waals surface area contributed by atoms with E-state index in [9.17, 15) is 4.79 Å². The molecule has 1 N–H and O–H groups in total. The molecule has 0 aliphatic rings. The number of anilines is 1. The van der Waals surface area contributed by atoms with Crippen molar-refractivity contribution in [2.24, 2.45) is 0 Å². The maximum atomic E-state index is 13.0. The molecule has 0 unspecified atom stereocenters. The lowest BCUT2D eigenvalue weighted by molar-refractivity contribution is 0.102. The SMILES string of the molecule is COc1cc(C#N)ccc1-c1cnccc1C(=O)Nc1nnc(OCc2ccc(Cl)cc2)s1. The van der Waals surface area contributed by atoms with Gasteiger partial charge in [-0.05, 0) is 53.3 Å². The Balaban J connectivity index is 1.50. The molecule has 4 rings (SSSR count). The number of nitrogens with one attached hydrogen (secondary N) is 1. The standard InChI is InChI=1S/C23H16ClN5O3S/c1-31-20-10-15(11-25)4-7-17(20)19-12-26-9-8-18(19)21(30)27-22-28-29-23(33-22)32-13-14-2-5-16(24)6-3-14/h2-10,12H,13H2,1H3,(H,27,28,30). The van der Waals surface area contributed by atoms with Gasteiger partial charge in [0.15, 0.2) is 0 Å². The van der Waals surface area contributed by atoms with Gasteiger partial charge < -0.3 is 9.47 Å². The van der Waals surface area contributed by atoms with E-state index in [1.54, 1.807) is 42.6 Å². The third-order valence-electron chi connectivity index (χ3n) is 4.59. The molecule has 0 bridgehead atoms. The first kappa shape index (κ1) is 22.2. The fourth-order valence-corrected chi connectivity index (χ4v) is 3.72. The van der Waals surface area contributed by atoms with E-state index >= 15 is 0 Å². The zero-order chi connectivity index (χ0) is 23.2. The highest BCUT2D eigenvalue weighted by molar-refractivity contribution is 7.17. The van der Waals surface area contributed by atoms with Crippen LogP contribution in [-0.4, -0.2) is 28.2 Å². The quantitative estimate of drug-likeness (QED) is 0.400. The summed E-state index contributed by atoms with van der Waals surface area (Å²) < 4.78 is 11.1. The van der Waals surface area contributed by atoms with E-state index in [0.717, 1.165) is 16.9 Å². The van der Waals surface area contributed by atoms with Gasteiger partial charge in [0.1, 0.15) is 12.4 Å². The number of nitriles is 1. The average molecular weight is 478 g/mol. The molecule has 0 radical (unpaired) electrons. The molecule has 4 aromatic rings. The summed E-state index contributed by atoms with van der Waals surface area (Å²) in [4.78, 5) is 17.1. The highest BCUT2D eigenvalue weighted by Crippen LogP contribution is 2.33. The fraction of sp³-hybridized carbons (Fsp3) is 0.0870. The Hall–Kier alpha value is -4.00. The van der Waals surface area contributed by atoms with Crippen LogP contribution >= 0.6 is 22.9 Å². The number of benzene rings is 2. The molecule has 164 valence electrons. The van der Waals surface area contributed by atoms with Crippen LogP contribution in [0.3, 0.4) is 0 Å². The molecular formula is C23H16ClN5O3S. The van der Waals surface area contributed by atoms with Crippen molar-refractivity contribution in [2.75, 3.05) is 12.4 Å². The summed E-state index contributed by atoms with van der Waals surface area (Å²) in [6, 6.07) is 15.9. The molecule has 0 saturated heterocycles. The van der Waals surface area contributed by atoms with Crippen LogP contribution in [0, 0.1) is 11.3 Å². The number of aromatic nitrogens is 3. The van der Waals surface area contributed by atoms with Crippen LogP contribution < -0.4 is 14.8 Å². The Labute approximate surface area is 198 Å². The highest BCUT2D eigenvalue weighted by atomic mass is 35.5. The summed E-state index contributed by atoms with van der Waals surface area (Å²) in [6.07, 6.45) is 3.09. The predicted molar refractivity (Wildman–Crippen MR) is 125 cm³/mol. The van der Waals surface area contributed by atoms with Crippen LogP contribution in [0.1, 0.15) is 21.5 Å². The average Bonchev–Trinajstić information content (AvgIpc) is 3.30. The molecule has 0 atom stereocenters. The molecule has 10 heteroatoms. The van der Waals surface area contributed by atoms with E-state index in [2.05, 4.69) is 26.6 Å². The number of amides is 1. The minimum Gasteiger partial charge on any atom is -0.496 e. The number of methoxy groups -OCH3 is 1. The van der Waals surface area contributed by atoms with Gasteiger partial charge in [-0.25, -0.2) is 0 Å². The van der Waals surface area contributed by atoms with Crippen molar-refractivity contribution in [2.45, 2.75) is 6.61 Å². The lowest BCUT2D eigenvalue weighted by atomic mass is 9.99. The van der Waals surface area contributed by atoms with E-state index < -0.39 is 0 Å². The Bertz CT molecular complexity index is 1330. The molecule has 2 aromatic heterocycles. The zero-order valence-electron chi connectivity index (χ0n) is 17.3. The second-order valence-electron chi connectivity index (χ2n) is 6.69. The van der Waals surface area contributed by atoms with Crippen LogP contribution in [0.2, 0.25) is 5.02 Å². The molecule has 8 nitrogen and oxygen atoms in total. The number of ether oxygens (including phenoxy) is 2. The van der Waals surface area contributed by atoms with Crippen molar-refractivity contribution in [3.05, 3.63) is 82.6 Å². The van der Waals surface area contributed by atoms with Crippen molar-refractivity contribution in [1.29, 1.82) is 5.26 Å². The van der Waals surface area contributed by atoms with Crippen molar-refractivity contribution in [3.63, 3.8) is 0 Å². The number of rotatable bonds is 7. The van der Waals surface area contributed by atoms with Crippen molar-refractivity contribution in [3.8, 4) is 28.1 Å².